The van der Waals surface area contributed by atoms with Crippen LogP contribution in [0.15, 0.2) is 54.6 Å². The van der Waals surface area contributed by atoms with Crippen molar-refractivity contribution in [2.75, 3.05) is 32.5 Å². The zero-order chi connectivity index (χ0) is 30.9. The van der Waals surface area contributed by atoms with Crippen LogP contribution in [0.25, 0.3) is 0 Å². The molecule has 2 aromatic carbocycles. The third-order valence-electron chi connectivity index (χ3n) is 8.16. The van der Waals surface area contributed by atoms with E-state index in [4.69, 9.17) is 11.6 Å². The smallest absolute Gasteiger partial charge is 0.255 e. The number of pyridine rings is 1. The molecule has 0 spiro atoms. The highest BCUT2D eigenvalue weighted by Gasteiger charge is 2.45. The molecule has 1 aromatic heterocycles. The summed E-state index contributed by atoms with van der Waals surface area (Å²) in [4.78, 5) is 36.4. The molecule has 2 aliphatic heterocycles. The highest BCUT2D eigenvalue weighted by molar-refractivity contribution is 6.31. The van der Waals surface area contributed by atoms with E-state index in [0.717, 1.165) is 67.2 Å². The minimum absolute atomic E-state index is 0.00562. The number of aryl methyl sites for hydroxylation is 3. The molecule has 43 heavy (non-hydrogen) atoms. The maximum Gasteiger partial charge on any atom is 0.255 e. The van der Waals surface area contributed by atoms with E-state index < -0.39 is 6.04 Å². The number of hydrogen-bond acceptors (Lipinski definition) is 5. The second kappa shape index (κ2) is 15.5. The van der Waals surface area contributed by atoms with Crippen LogP contribution in [0.3, 0.4) is 0 Å². The number of nitrogens with one attached hydrogen (secondary N) is 2. The van der Waals surface area contributed by atoms with E-state index in [-0.39, 0.29) is 17.9 Å². The number of likely N-dealkylation sites (tertiary alicyclic amines) is 1. The second-order valence-corrected chi connectivity index (χ2v) is 12.1. The molecule has 3 heterocycles. The minimum atomic E-state index is -0.662. The third kappa shape index (κ3) is 8.22. The molecule has 7 nitrogen and oxygen atoms in total. The fourth-order valence-electron chi connectivity index (χ4n) is 6.12. The van der Waals surface area contributed by atoms with E-state index in [9.17, 15) is 9.59 Å². The van der Waals surface area contributed by atoms with Crippen molar-refractivity contribution in [1.82, 2.24) is 20.1 Å². The van der Waals surface area contributed by atoms with E-state index in [1.165, 1.54) is 24.0 Å². The molecular formula is C35H46ClN5O2. The Kier molecular flexibility index (Phi) is 11.7. The Morgan fingerprint density at radius 2 is 1.72 bits per heavy atom. The van der Waals surface area contributed by atoms with Gasteiger partial charge in [0.05, 0.1) is 0 Å². The van der Waals surface area contributed by atoms with E-state index in [0.29, 0.717) is 11.4 Å². The second-order valence-electron chi connectivity index (χ2n) is 11.7. The monoisotopic (exact) mass is 603 g/mol. The van der Waals surface area contributed by atoms with Crippen LogP contribution < -0.4 is 10.6 Å². The number of aromatic nitrogens is 1. The van der Waals surface area contributed by atoms with Gasteiger partial charge in [0.2, 0.25) is 0 Å². The number of rotatable bonds is 9. The number of piperidine rings is 1. The number of amides is 2. The van der Waals surface area contributed by atoms with Crippen LogP contribution in [0.4, 0.5) is 5.82 Å². The van der Waals surface area contributed by atoms with Crippen molar-refractivity contribution in [1.29, 1.82) is 0 Å². The van der Waals surface area contributed by atoms with Gasteiger partial charge in [-0.1, -0.05) is 61.7 Å². The molecule has 230 valence electrons. The Hall–Kier alpha value is -3.26. The lowest BCUT2D eigenvalue weighted by Gasteiger charge is -2.39. The molecule has 8 heteroatoms. The Morgan fingerprint density at radius 3 is 2.42 bits per heavy atom. The zero-order valence-electron chi connectivity index (χ0n) is 26.3. The lowest BCUT2D eigenvalue weighted by molar-refractivity contribution is -0.121. The molecule has 1 atom stereocenters. The molecule has 0 aliphatic carbocycles. The van der Waals surface area contributed by atoms with E-state index in [1.807, 2.05) is 69.2 Å². The summed E-state index contributed by atoms with van der Waals surface area (Å²) < 4.78 is 0. The topological polar surface area (TPSA) is 77.6 Å². The van der Waals surface area contributed by atoms with E-state index >= 15 is 0 Å². The first kappa shape index (κ1) is 32.6. The molecule has 5 rings (SSSR count). The van der Waals surface area contributed by atoms with E-state index in [1.54, 1.807) is 0 Å². The maximum atomic E-state index is 13.9. The van der Waals surface area contributed by atoms with E-state index in [2.05, 4.69) is 45.6 Å². The summed E-state index contributed by atoms with van der Waals surface area (Å²) in [6.45, 7) is 8.75. The van der Waals surface area contributed by atoms with Gasteiger partial charge in [-0.2, -0.15) is 0 Å². The van der Waals surface area contributed by atoms with Crippen LogP contribution in [0.5, 0.6) is 0 Å². The number of carbonyl (C=O) groups excluding carboxylic acids is 2. The van der Waals surface area contributed by atoms with Gasteiger partial charge in [0.1, 0.15) is 11.9 Å². The summed E-state index contributed by atoms with van der Waals surface area (Å²) in [5, 5.41) is 6.61. The number of hydrogen-bond donors (Lipinski definition) is 2. The van der Waals surface area contributed by atoms with Crippen molar-refractivity contribution in [3.05, 3.63) is 93.1 Å². The first-order valence-corrected chi connectivity index (χ1v) is 15.9. The Balaban J connectivity index is 0.00000135. The summed E-state index contributed by atoms with van der Waals surface area (Å²) >= 11 is 6.21. The molecule has 3 aromatic rings. The van der Waals surface area contributed by atoms with Gasteiger partial charge >= 0.3 is 0 Å². The van der Waals surface area contributed by atoms with Crippen molar-refractivity contribution < 1.29 is 9.59 Å². The van der Waals surface area contributed by atoms with Crippen LogP contribution in [0, 0.1) is 13.8 Å². The van der Waals surface area contributed by atoms with Gasteiger partial charge in [-0.15, -0.1) is 0 Å². The fraction of sp³-hybridized carbons (Fsp3) is 0.457. The highest BCUT2D eigenvalue weighted by atomic mass is 35.5. The summed E-state index contributed by atoms with van der Waals surface area (Å²) in [7, 11) is 3.75. The van der Waals surface area contributed by atoms with Gasteiger partial charge in [0.25, 0.3) is 11.8 Å². The van der Waals surface area contributed by atoms with Crippen LogP contribution in [0.1, 0.15) is 83.4 Å². The molecule has 1 saturated heterocycles. The van der Waals surface area contributed by atoms with Gasteiger partial charge < -0.3 is 15.5 Å². The van der Waals surface area contributed by atoms with Gasteiger partial charge in [0, 0.05) is 42.0 Å². The third-order valence-corrected chi connectivity index (χ3v) is 8.58. The SMILES string of the molecule is CCCCCc1cc(C)nc(NC(=O)[C@@H]2c3ccccc3C(=O)N2C2CCN(Cc3ccc(Cl)c(C)c3)CC2)c1.CNC. The Morgan fingerprint density at radius 1 is 1.00 bits per heavy atom. The van der Waals surface area contributed by atoms with Crippen molar-refractivity contribution in [3.63, 3.8) is 0 Å². The molecule has 2 aliphatic rings. The Bertz CT molecular complexity index is 1400. The largest absolute Gasteiger partial charge is 0.323 e. The summed E-state index contributed by atoms with van der Waals surface area (Å²) in [5.41, 5.74) is 5.78. The fourth-order valence-corrected chi connectivity index (χ4v) is 6.24. The van der Waals surface area contributed by atoms with Crippen molar-refractivity contribution >= 4 is 29.2 Å². The quantitative estimate of drug-likeness (QED) is 0.266. The summed E-state index contributed by atoms with van der Waals surface area (Å²) in [5.74, 6) is 0.302. The number of halogens is 1. The molecule has 2 amide bonds. The van der Waals surface area contributed by atoms with Crippen molar-refractivity contribution in [3.8, 4) is 0 Å². The predicted molar refractivity (Wildman–Crippen MR) is 176 cm³/mol. The summed E-state index contributed by atoms with van der Waals surface area (Å²) in [6, 6.07) is 17.1. The molecular weight excluding hydrogens is 558 g/mol. The number of benzene rings is 2. The summed E-state index contributed by atoms with van der Waals surface area (Å²) in [6.07, 6.45) is 6.06. The number of carbonyl (C=O) groups is 2. The molecule has 0 unspecified atom stereocenters. The van der Waals surface area contributed by atoms with Crippen molar-refractivity contribution in [2.24, 2.45) is 0 Å². The number of anilines is 1. The van der Waals surface area contributed by atoms with Crippen LogP contribution in [0.2, 0.25) is 5.02 Å². The molecule has 0 radical (unpaired) electrons. The van der Waals surface area contributed by atoms with Crippen LogP contribution >= 0.6 is 11.6 Å². The molecule has 2 N–H and O–H groups in total. The van der Waals surface area contributed by atoms with Gasteiger partial charge in [-0.05, 0) is 100 Å². The van der Waals surface area contributed by atoms with Gasteiger partial charge in [-0.3, -0.25) is 14.5 Å². The first-order valence-electron chi connectivity index (χ1n) is 15.5. The minimum Gasteiger partial charge on any atom is -0.323 e. The molecule has 0 bridgehead atoms. The standard InChI is InChI=1S/C33H39ClN4O2.C2H7N/c1-4-5-6-9-24-19-23(3)35-30(20-24)36-32(39)31-27-10-7-8-11-28(27)33(40)38(31)26-14-16-37(17-15-26)21-25-12-13-29(34)22(2)18-25;1-3-2/h7-8,10-13,18-20,26,31H,4-6,9,14-17,21H2,1-3H3,(H,35,36,39);3H,1-2H3/t31-;/m0./s1. The van der Waals surface area contributed by atoms with Crippen molar-refractivity contribution in [2.45, 2.75) is 77.9 Å². The maximum absolute atomic E-state index is 13.9. The van der Waals surface area contributed by atoms with Gasteiger partial charge in [-0.25, -0.2) is 4.98 Å². The predicted octanol–water partition coefficient (Wildman–Crippen LogP) is 6.72. The number of fused-ring (bicyclic) bond motifs is 1. The lowest BCUT2D eigenvalue weighted by Crippen LogP contribution is -2.48. The molecule has 0 saturated carbocycles. The molecule has 1 fully saturated rings. The van der Waals surface area contributed by atoms with Gasteiger partial charge in [0.15, 0.2) is 0 Å². The van der Waals surface area contributed by atoms with Crippen LogP contribution in [-0.4, -0.2) is 59.8 Å². The average molecular weight is 604 g/mol. The average Bonchev–Trinajstić information content (AvgIpc) is 3.28. The van der Waals surface area contributed by atoms with Crippen LogP contribution in [-0.2, 0) is 17.8 Å². The zero-order valence-corrected chi connectivity index (χ0v) is 27.0. The normalized spacial score (nSPS) is 16.9. The number of unbranched alkanes of at least 4 members (excludes halogenated alkanes) is 2. The lowest BCUT2D eigenvalue weighted by atomic mass is 9.99. The first-order chi connectivity index (χ1) is 20.7. The number of nitrogens with zero attached hydrogens (tertiary/aromatic N) is 3. The Labute approximate surface area is 262 Å². The highest BCUT2D eigenvalue weighted by Crippen LogP contribution is 2.38.